The fourth-order valence-corrected chi connectivity index (χ4v) is 13.8. The monoisotopic (exact) mass is 790 g/mol. The summed E-state index contributed by atoms with van der Waals surface area (Å²) in [7, 11) is 4.05. The van der Waals surface area contributed by atoms with Gasteiger partial charge in [0.1, 0.15) is 0 Å². The number of rotatable bonds is 21. The Hall–Kier alpha value is 0.410. The molecule has 4 N–H and O–H groups in total. The fourth-order valence-electron chi connectivity index (χ4n) is 11.2. The van der Waals surface area contributed by atoms with Crippen LogP contribution in [0, 0.1) is 46.3 Å². The fraction of sp³-hybridized carbons (Fsp3) is 0.930. The number of halogens is 2. The van der Waals surface area contributed by atoms with Gasteiger partial charge in [0.15, 0.2) is 0 Å². The van der Waals surface area contributed by atoms with Crippen LogP contribution in [0.5, 0.6) is 0 Å². The third kappa shape index (κ3) is 13.3. The van der Waals surface area contributed by atoms with Gasteiger partial charge in [-0.3, -0.25) is 4.79 Å². The molecule has 0 aliphatic heterocycles. The first-order chi connectivity index (χ1) is 23.3. The van der Waals surface area contributed by atoms with E-state index in [0.717, 1.165) is 73.6 Å². The van der Waals surface area contributed by atoms with Crippen molar-refractivity contribution in [1.29, 1.82) is 0 Å². The van der Waals surface area contributed by atoms with E-state index in [0.29, 0.717) is 34.4 Å². The molecule has 0 aromatic heterocycles. The van der Waals surface area contributed by atoms with Crippen LogP contribution in [0.15, 0.2) is 11.6 Å². The molecule has 0 spiro atoms. The summed E-state index contributed by atoms with van der Waals surface area (Å²) in [6.45, 7) is 18.6. The van der Waals surface area contributed by atoms with Crippen LogP contribution in [-0.4, -0.2) is 47.0 Å². The molecule has 300 valence electrons. The predicted octanol–water partition coefficient (Wildman–Crippen LogP) is 12.3. The highest BCUT2D eigenvalue weighted by atomic mass is 35.5. The average molecular weight is 791 g/mol. The first-order valence-corrected chi connectivity index (χ1v) is 23.5. The minimum atomic E-state index is 0. The van der Waals surface area contributed by atoms with Gasteiger partial charge in [-0.05, 0) is 131 Å². The zero-order valence-electron chi connectivity index (χ0n) is 34.0. The Labute approximate surface area is 336 Å². The van der Waals surface area contributed by atoms with Gasteiger partial charge in [0.2, 0.25) is 5.91 Å². The molecule has 0 aromatic rings. The number of nitrogens with two attached hydrogens (primary N) is 2. The van der Waals surface area contributed by atoms with E-state index < -0.39 is 0 Å². The summed E-state index contributed by atoms with van der Waals surface area (Å²) < 4.78 is 0. The largest absolute Gasteiger partial charge is 0.343 e. The smallest absolute Gasteiger partial charge is 0.223 e. The van der Waals surface area contributed by atoms with E-state index in [9.17, 15) is 4.79 Å². The van der Waals surface area contributed by atoms with Gasteiger partial charge in [0, 0.05) is 42.6 Å². The summed E-state index contributed by atoms with van der Waals surface area (Å²) >= 11 is 0. The lowest BCUT2D eigenvalue weighted by Crippen LogP contribution is -2.50. The van der Waals surface area contributed by atoms with Crippen molar-refractivity contribution in [2.75, 3.05) is 18.8 Å². The summed E-state index contributed by atoms with van der Waals surface area (Å²) in [5.74, 6) is 6.67. The second-order valence-corrected chi connectivity index (χ2v) is 21.3. The van der Waals surface area contributed by atoms with Crippen molar-refractivity contribution in [3.05, 3.63) is 11.6 Å². The first kappa shape index (κ1) is 47.6. The van der Waals surface area contributed by atoms with Gasteiger partial charge in [-0.1, -0.05) is 113 Å². The third-order valence-corrected chi connectivity index (χ3v) is 17.1. The van der Waals surface area contributed by atoms with E-state index in [4.69, 9.17) is 11.5 Å². The molecule has 0 bridgehead atoms. The molecule has 0 saturated heterocycles. The van der Waals surface area contributed by atoms with Crippen molar-refractivity contribution in [2.24, 2.45) is 57.8 Å². The Bertz CT molecular complexity index is 1040. The lowest BCUT2D eigenvalue weighted by molar-refractivity contribution is -0.130. The van der Waals surface area contributed by atoms with E-state index >= 15 is 0 Å². The Balaban J connectivity index is 0.00000451. The molecular weight excluding hydrogens is 710 g/mol. The molecule has 4 aliphatic rings. The van der Waals surface area contributed by atoms with E-state index in [1.807, 2.05) is 10.8 Å². The summed E-state index contributed by atoms with van der Waals surface area (Å²) in [6, 6.07) is 0.450. The Morgan fingerprint density at radius 2 is 1.53 bits per heavy atom. The molecule has 4 nitrogen and oxygen atoms in total. The summed E-state index contributed by atoms with van der Waals surface area (Å²) in [5.41, 5.74) is 14.8. The Morgan fingerprint density at radius 3 is 2.24 bits per heavy atom. The van der Waals surface area contributed by atoms with Gasteiger partial charge in [0.05, 0.1) is 0 Å². The van der Waals surface area contributed by atoms with Crippen molar-refractivity contribution in [2.45, 2.75) is 188 Å². The maximum absolute atomic E-state index is 13.3. The normalized spacial score (nSPS) is 31.6. The number of carbonyl (C=O) groups excluding carboxylic acids is 1. The third-order valence-electron chi connectivity index (χ3n) is 14.2. The number of amides is 1. The van der Waals surface area contributed by atoms with Crippen molar-refractivity contribution in [1.82, 2.24) is 4.90 Å². The summed E-state index contributed by atoms with van der Waals surface area (Å²) in [6.07, 6.45) is 26.9. The predicted molar refractivity (Wildman–Crippen MR) is 232 cm³/mol. The number of nitrogens with zero attached hydrogens (tertiary/aromatic N) is 1. The molecule has 1 amide bonds. The minimum absolute atomic E-state index is 0. The second-order valence-electron chi connectivity index (χ2n) is 18.5. The van der Waals surface area contributed by atoms with Gasteiger partial charge in [-0.2, -0.15) is 0 Å². The highest BCUT2D eigenvalue weighted by Gasteiger charge is 2.59. The summed E-state index contributed by atoms with van der Waals surface area (Å²) in [5, 5.41) is 0.698. The zero-order valence-corrected chi connectivity index (χ0v) is 37.2. The minimum Gasteiger partial charge on any atom is -0.343 e. The number of unbranched alkanes of at least 4 members (excludes halogenated alkanes) is 4. The zero-order chi connectivity index (χ0) is 35.6. The quantitative estimate of drug-likeness (QED) is 0.0688. The molecule has 51 heavy (non-hydrogen) atoms. The molecule has 0 heterocycles. The van der Waals surface area contributed by atoms with Crippen LogP contribution in [0.2, 0.25) is 0 Å². The molecule has 3 fully saturated rings. The molecular formula is C43H81Cl2N3OS2. The summed E-state index contributed by atoms with van der Waals surface area (Å²) in [4.78, 5) is 15.4. The number of carbonyl (C=O) groups is 1. The van der Waals surface area contributed by atoms with Gasteiger partial charge in [0.25, 0.3) is 0 Å². The standard InChI is InChI=1S/C43H79N3OS2.2ClH/c1-31(2)14-13-15-32(3)38-19-20-39-37-18-17-35-30-36(21-25-42(35,6)40(37)22-26-43(38,39)7)49-48-29-24-41(47)46(28-23-34(5)45)27-12-10-8-9-11-16-33(4)44;;/h17,31-34,36-40H,8-16,18-30,44-45H2,1-7H3;2*1H/t32?,33?,34?,36-,37-,38+,39-,40-,42-,43+;;/m0../s1. The van der Waals surface area contributed by atoms with Crippen LogP contribution in [-0.2, 0) is 4.79 Å². The molecule has 4 aliphatic carbocycles. The van der Waals surface area contributed by atoms with Crippen molar-refractivity contribution < 1.29 is 4.79 Å². The SMILES string of the molecule is CC(C)CCCC(C)[C@H]1CC[C@H]2[C@@H]3CC=C4C[C@@H](SSCCC(=O)N(CCCCCCCC(C)N)CCC(C)N)CC[C@]4(C)[C@H]3CC[C@]12C.Cl.Cl. The molecule has 10 atom stereocenters. The van der Waals surface area contributed by atoms with Gasteiger partial charge in [-0.15, -0.1) is 24.8 Å². The first-order valence-electron chi connectivity index (χ1n) is 21.1. The van der Waals surface area contributed by atoms with Crippen LogP contribution in [0.25, 0.3) is 0 Å². The number of hydrogen-bond acceptors (Lipinski definition) is 5. The van der Waals surface area contributed by atoms with Crippen LogP contribution in [0.1, 0.15) is 170 Å². The lowest BCUT2D eigenvalue weighted by Gasteiger charge is -2.58. The molecule has 0 aromatic carbocycles. The average Bonchev–Trinajstić information content (AvgIpc) is 3.40. The molecule has 3 unspecified atom stereocenters. The maximum Gasteiger partial charge on any atom is 0.223 e. The van der Waals surface area contributed by atoms with Crippen molar-refractivity contribution >= 4 is 52.3 Å². The van der Waals surface area contributed by atoms with E-state index in [1.54, 1.807) is 5.57 Å². The van der Waals surface area contributed by atoms with Crippen LogP contribution in [0.4, 0.5) is 0 Å². The van der Waals surface area contributed by atoms with Crippen molar-refractivity contribution in [3.8, 4) is 0 Å². The maximum atomic E-state index is 13.3. The van der Waals surface area contributed by atoms with Gasteiger partial charge in [-0.25, -0.2) is 0 Å². The second kappa shape index (κ2) is 22.8. The molecule has 0 radical (unpaired) electrons. The van der Waals surface area contributed by atoms with E-state index in [-0.39, 0.29) is 30.9 Å². The topological polar surface area (TPSA) is 72.3 Å². The molecule has 4 rings (SSSR count). The van der Waals surface area contributed by atoms with Crippen LogP contribution < -0.4 is 11.5 Å². The molecule has 8 heteroatoms. The van der Waals surface area contributed by atoms with Crippen molar-refractivity contribution in [3.63, 3.8) is 0 Å². The Morgan fingerprint density at radius 1 is 0.824 bits per heavy atom. The number of allylic oxidation sites excluding steroid dienone is 2. The number of fused-ring (bicyclic) bond motifs is 5. The van der Waals surface area contributed by atoms with E-state index in [2.05, 4.69) is 70.2 Å². The van der Waals surface area contributed by atoms with E-state index in [1.165, 1.54) is 96.3 Å². The highest BCUT2D eigenvalue weighted by molar-refractivity contribution is 8.76. The Kier molecular flexibility index (Phi) is 21.3. The van der Waals surface area contributed by atoms with Crippen LogP contribution >= 0.6 is 46.4 Å². The van der Waals surface area contributed by atoms with Crippen LogP contribution in [0.3, 0.4) is 0 Å². The van der Waals surface area contributed by atoms with Gasteiger partial charge >= 0.3 is 0 Å². The molecule has 3 saturated carbocycles. The van der Waals surface area contributed by atoms with Gasteiger partial charge < -0.3 is 16.4 Å². The number of hydrogen-bond donors (Lipinski definition) is 2. The highest BCUT2D eigenvalue weighted by Crippen LogP contribution is 2.67. The lowest BCUT2D eigenvalue weighted by atomic mass is 9.47.